The molecular formula is C16H25O7P. The number of hydrogen-bond acceptors (Lipinski definition) is 5. The lowest BCUT2D eigenvalue weighted by molar-refractivity contribution is -0.212. The fourth-order valence-electron chi connectivity index (χ4n) is 6.82. The van der Waals surface area contributed by atoms with E-state index in [2.05, 4.69) is 6.92 Å². The van der Waals surface area contributed by atoms with E-state index in [1.54, 1.807) is 0 Å². The Bertz CT molecular complexity index is 542. The predicted octanol–water partition coefficient (Wildman–Crippen LogP) is 3.84. The molecule has 0 radical (unpaired) electrons. The highest BCUT2D eigenvalue weighted by Crippen LogP contribution is 2.71. The van der Waals surface area contributed by atoms with Gasteiger partial charge in [0.1, 0.15) is 0 Å². The Morgan fingerprint density at radius 1 is 1.00 bits per heavy atom. The van der Waals surface area contributed by atoms with Gasteiger partial charge < -0.3 is 10.2 Å². The van der Waals surface area contributed by atoms with Gasteiger partial charge in [-0.15, -0.1) is 0 Å². The molecule has 6 bridgehead atoms. The van der Waals surface area contributed by atoms with E-state index in [4.69, 9.17) is 28.6 Å². The van der Waals surface area contributed by atoms with Crippen LogP contribution in [-0.2, 0) is 18.1 Å². The zero-order valence-electron chi connectivity index (χ0n) is 13.8. The minimum absolute atomic E-state index is 0.0428. The molecule has 0 aromatic heterocycles. The molecule has 0 aromatic rings. The van der Waals surface area contributed by atoms with E-state index in [1.165, 1.54) is 32.1 Å². The van der Waals surface area contributed by atoms with Crippen LogP contribution in [-0.4, -0.2) is 36.2 Å². The number of hydrogen-bond donors (Lipinski definition) is 2. The lowest BCUT2D eigenvalue weighted by Gasteiger charge is -2.66. The van der Waals surface area contributed by atoms with E-state index in [9.17, 15) is 4.57 Å². The second-order valence-corrected chi connectivity index (χ2v) is 10.3. The molecule has 7 nitrogen and oxygen atoms in total. The van der Waals surface area contributed by atoms with Crippen molar-refractivity contribution < 1.29 is 33.1 Å². The summed E-state index contributed by atoms with van der Waals surface area (Å²) in [4.78, 5) is 8.56. The summed E-state index contributed by atoms with van der Waals surface area (Å²) in [7, 11) is -3.18. The van der Waals surface area contributed by atoms with Crippen LogP contribution in [0.1, 0.15) is 39.0 Å². The summed E-state index contributed by atoms with van der Waals surface area (Å²) in [5.41, 5.74) is 0.377. The van der Waals surface area contributed by atoms with Crippen LogP contribution in [0, 0.1) is 34.5 Å². The van der Waals surface area contributed by atoms with Gasteiger partial charge in [-0.2, -0.15) is 0 Å². The molecule has 4 saturated carbocycles. The fourth-order valence-corrected chi connectivity index (χ4v) is 8.28. The van der Waals surface area contributed by atoms with Crippen molar-refractivity contribution in [3.05, 3.63) is 0 Å². The van der Waals surface area contributed by atoms with Gasteiger partial charge in [0.15, 0.2) is 0 Å². The molecular weight excluding hydrogens is 335 g/mol. The Morgan fingerprint density at radius 3 is 1.88 bits per heavy atom. The molecule has 2 N–H and O–H groups in total. The molecule has 7 aliphatic rings. The van der Waals surface area contributed by atoms with Crippen LogP contribution >= 0.6 is 7.82 Å². The average molecular weight is 360 g/mol. The maximum absolute atomic E-state index is 12.0. The van der Waals surface area contributed by atoms with Crippen molar-refractivity contribution in [1.29, 1.82) is 0 Å². The van der Waals surface area contributed by atoms with Crippen LogP contribution in [0.3, 0.4) is 0 Å². The van der Waals surface area contributed by atoms with Gasteiger partial charge in [-0.1, -0.05) is 6.92 Å². The molecule has 0 amide bonds. The minimum atomic E-state index is -3.18. The maximum atomic E-state index is 12.0. The van der Waals surface area contributed by atoms with Crippen molar-refractivity contribution in [3.8, 4) is 0 Å². The Balaban J connectivity index is 0.000000332. The van der Waals surface area contributed by atoms with Crippen LogP contribution in [0.2, 0.25) is 0 Å². The highest BCUT2D eigenvalue weighted by atomic mass is 31.2. The molecule has 3 atom stereocenters. The van der Waals surface area contributed by atoms with E-state index in [-0.39, 0.29) is 5.41 Å². The van der Waals surface area contributed by atoms with E-state index in [0.29, 0.717) is 31.2 Å². The maximum Gasteiger partial charge on any atom is 0.503 e. The SMILES string of the molecule is CC12CC3CC(CC(C3)C1C13COP(=O)(OC1)OC3)C2.O=C(O)O. The van der Waals surface area contributed by atoms with Gasteiger partial charge in [-0.25, -0.2) is 9.36 Å². The summed E-state index contributed by atoms with van der Waals surface area (Å²) >= 11 is 0. The van der Waals surface area contributed by atoms with Crippen LogP contribution in [0.5, 0.6) is 0 Å². The number of phosphoric ester groups is 1. The van der Waals surface area contributed by atoms with Gasteiger partial charge in [0.25, 0.3) is 0 Å². The number of fused-ring (bicyclic) bond motifs is 3. The van der Waals surface area contributed by atoms with Gasteiger partial charge >= 0.3 is 14.0 Å². The van der Waals surface area contributed by atoms with Gasteiger partial charge in [0.05, 0.1) is 19.8 Å². The van der Waals surface area contributed by atoms with Crippen LogP contribution in [0.15, 0.2) is 0 Å². The van der Waals surface area contributed by atoms with Crippen molar-refractivity contribution >= 4 is 14.0 Å². The first-order chi connectivity index (χ1) is 11.2. The van der Waals surface area contributed by atoms with Crippen molar-refractivity contribution in [1.82, 2.24) is 0 Å². The van der Waals surface area contributed by atoms with Crippen LogP contribution in [0.4, 0.5) is 4.79 Å². The summed E-state index contributed by atoms with van der Waals surface area (Å²) in [6.07, 6.45) is 5.13. The number of carboxylic acid groups (broad SMARTS) is 2. The summed E-state index contributed by atoms with van der Waals surface area (Å²) in [6.45, 7) is 4.23. The van der Waals surface area contributed by atoms with Crippen LogP contribution in [0.25, 0.3) is 0 Å². The van der Waals surface area contributed by atoms with E-state index in [0.717, 1.165) is 17.8 Å². The molecule has 0 spiro atoms. The zero-order valence-corrected chi connectivity index (χ0v) is 14.7. The third kappa shape index (κ3) is 2.61. The minimum Gasteiger partial charge on any atom is -0.450 e. The topological polar surface area (TPSA) is 102 Å². The first-order valence-corrected chi connectivity index (χ1v) is 10.2. The summed E-state index contributed by atoms with van der Waals surface area (Å²) in [6, 6.07) is 0. The molecule has 0 aromatic carbocycles. The number of carbonyl (C=O) groups is 1. The van der Waals surface area contributed by atoms with Gasteiger partial charge in [-0.05, 0) is 61.2 Å². The molecule has 7 fully saturated rings. The van der Waals surface area contributed by atoms with Crippen molar-refractivity contribution in [2.24, 2.45) is 34.5 Å². The molecule has 24 heavy (non-hydrogen) atoms. The van der Waals surface area contributed by atoms with Gasteiger partial charge in [0.2, 0.25) is 0 Å². The average Bonchev–Trinajstić information content (AvgIpc) is 2.46. The van der Waals surface area contributed by atoms with Crippen molar-refractivity contribution in [3.63, 3.8) is 0 Å². The fraction of sp³-hybridized carbons (Fsp3) is 0.938. The quantitative estimate of drug-likeness (QED) is 0.685. The predicted molar refractivity (Wildman–Crippen MR) is 83.7 cm³/mol. The first kappa shape index (κ1) is 16.8. The molecule has 3 heterocycles. The Hall–Kier alpha value is -0.620. The number of phosphoric acid groups is 1. The molecule has 3 aliphatic heterocycles. The monoisotopic (exact) mass is 360 g/mol. The highest BCUT2D eigenvalue weighted by Gasteiger charge is 2.65. The molecule has 136 valence electrons. The second-order valence-electron chi connectivity index (χ2n) is 8.65. The van der Waals surface area contributed by atoms with Crippen molar-refractivity contribution in [2.75, 3.05) is 19.8 Å². The summed E-state index contributed by atoms with van der Waals surface area (Å²) < 4.78 is 28.4. The Morgan fingerprint density at radius 2 is 1.46 bits per heavy atom. The van der Waals surface area contributed by atoms with Crippen LogP contribution < -0.4 is 0 Å². The molecule has 7 rings (SSSR count). The summed E-state index contributed by atoms with van der Waals surface area (Å²) in [5.74, 6) is 3.33. The third-order valence-corrected chi connectivity index (χ3v) is 8.20. The number of rotatable bonds is 1. The normalized spacial score (nSPS) is 54.2. The smallest absolute Gasteiger partial charge is 0.450 e. The van der Waals surface area contributed by atoms with E-state index < -0.39 is 14.0 Å². The second kappa shape index (κ2) is 5.44. The lowest BCUT2D eigenvalue weighted by atomic mass is 9.41. The third-order valence-electron chi connectivity index (χ3n) is 6.86. The Kier molecular flexibility index (Phi) is 3.81. The Labute approximate surface area is 141 Å². The highest BCUT2D eigenvalue weighted by molar-refractivity contribution is 7.48. The van der Waals surface area contributed by atoms with Crippen molar-refractivity contribution in [2.45, 2.75) is 39.0 Å². The zero-order chi connectivity index (χ0) is 17.2. The lowest BCUT2D eigenvalue weighted by Crippen LogP contribution is -2.62. The largest absolute Gasteiger partial charge is 0.503 e. The van der Waals surface area contributed by atoms with E-state index in [1.807, 2.05) is 0 Å². The molecule has 3 unspecified atom stereocenters. The molecule has 4 aliphatic carbocycles. The standard InChI is InChI=1S/C15H23O4P.CH2O3/c1-14-5-10-2-11(6-14)4-12(3-10)13(14)15-7-17-20(16,18-8-15)19-9-15;2-1(3)4/h10-13H,2-9H2,1H3;(H2,2,3,4). The van der Waals surface area contributed by atoms with E-state index >= 15 is 0 Å². The first-order valence-electron chi connectivity index (χ1n) is 8.69. The van der Waals surface area contributed by atoms with Gasteiger partial charge in [0, 0.05) is 5.41 Å². The summed E-state index contributed by atoms with van der Waals surface area (Å²) in [5, 5.41) is 13.9. The van der Waals surface area contributed by atoms with Gasteiger partial charge in [-0.3, -0.25) is 13.6 Å². The molecule has 8 heteroatoms. The molecule has 3 saturated heterocycles.